The van der Waals surface area contributed by atoms with Gasteiger partial charge in [-0.25, -0.2) is 13.4 Å². The summed E-state index contributed by atoms with van der Waals surface area (Å²) in [6.07, 6.45) is 4.42. The minimum atomic E-state index is -3.56. The van der Waals surface area contributed by atoms with E-state index in [9.17, 15) is 13.2 Å². The van der Waals surface area contributed by atoms with Crippen molar-refractivity contribution in [2.45, 2.75) is 56.7 Å². The van der Waals surface area contributed by atoms with Crippen LogP contribution in [0.3, 0.4) is 0 Å². The van der Waals surface area contributed by atoms with Gasteiger partial charge in [-0.1, -0.05) is 38.3 Å². The minimum Gasteiger partial charge on any atom is -0.327 e. The Morgan fingerprint density at radius 3 is 2.45 bits per heavy atom. The molecule has 6 nitrogen and oxygen atoms in total. The lowest BCUT2D eigenvalue weighted by molar-refractivity contribution is -0.114. The second kappa shape index (κ2) is 9.22. The van der Waals surface area contributed by atoms with Gasteiger partial charge < -0.3 is 9.88 Å². The van der Waals surface area contributed by atoms with E-state index in [2.05, 4.69) is 17.2 Å². The Labute approximate surface area is 171 Å². The molecule has 0 saturated heterocycles. The number of para-hydroxylation sites is 2. The van der Waals surface area contributed by atoms with Crippen LogP contribution in [0.4, 0.5) is 5.69 Å². The van der Waals surface area contributed by atoms with E-state index < -0.39 is 9.84 Å². The number of carbonyl (C=O) groups is 1. The van der Waals surface area contributed by atoms with Gasteiger partial charge in [0.2, 0.25) is 5.91 Å². The Morgan fingerprint density at radius 1 is 1.03 bits per heavy atom. The molecular weight excluding hydrogens is 386 g/mol. The number of anilines is 1. The fourth-order valence-electron chi connectivity index (χ4n) is 3.38. The molecule has 1 heterocycles. The van der Waals surface area contributed by atoms with E-state index in [1.165, 1.54) is 25.5 Å². The Kier molecular flexibility index (Phi) is 6.69. The van der Waals surface area contributed by atoms with Crippen LogP contribution in [0.15, 0.2) is 53.4 Å². The summed E-state index contributed by atoms with van der Waals surface area (Å²) in [5.41, 5.74) is 2.35. The van der Waals surface area contributed by atoms with Gasteiger partial charge >= 0.3 is 0 Å². The van der Waals surface area contributed by atoms with Gasteiger partial charge in [0.1, 0.15) is 11.6 Å². The Morgan fingerprint density at radius 2 is 1.76 bits per heavy atom. The molecule has 0 aliphatic rings. The van der Waals surface area contributed by atoms with Gasteiger partial charge in [-0.3, -0.25) is 4.79 Å². The molecular formula is C22H27N3O3S. The lowest BCUT2D eigenvalue weighted by Gasteiger charge is -2.10. The first-order valence-corrected chi connectivity index (χ1v) is 11.6. The van der Waals surface area contributed by atoms with Crippen LogP contribution in [-0.4, -0.2) is 23.9 Å². The van der Waals surface area contributed by atoms with Gasteiger partial charge in [-0.05, 0) is 42.8 Å². The van der Waals surface area contributed by atoms with Crippen molar-refractivity contribution in [1.29, 1.82) is 0 Å². The quantitative estimate of drug-likeness (QED) is 0.522. The van der Waals surface area contributed by atoms with E-state index in [1.807, 2.05) is 28.8 Å². The number of unbranched alkanes of at least 4 members (excludes halogenated alkanes) is 3. The third-order valence-electron chi connectivity index (χ3n) is 4.82. The number of nitrogens with one attached hydrogen (secondary N) is 1. The summed E-state index contributed by atoms with van der Waals surface area (Å²) in [6, 6.07) is 14.0. The first-order chi connectivity index (χ1) is 13.9. The van der Waals surface area contributed by atoms with Crippen molar-refractivity contribution in [2.24, 2.45) is 0 Å². The largest absolute Gasteiger partial charge is 0.327 e. The number of aryl methyl sites for hydroxylation is 1. The third-order valence-corrected chi connectivity index (χ3v) is 6.45. The summed E-state index contributed by atoms with van der Waals surface area (Å²) in [5, 5.41) is 2.64. The fourth-order valence-corrected chi connectivity index (χ4v) is 4.66. The van der Waals surface area contributed by atoms with E-state index in [-0.39, 0.29) is 16.6 Å². The van der Waals surface area contributed by atoms with Gasteiger partial charge in [-0.2, -0.15) is 0 Å². The Balaban J connectivity index is 1.86. The van der Waals surface area contributed by atoms with Crippen molar-refractivity contribution in [3.05, 3.63) is 54.4 Å². The first kappa shape index (κ1) is 21.0. The number of fused-ring (bicyclic) bond motifs is 1. The predicted octanol–water partition coefficient (Wildman–Crippen LogP) is 4.55. The second-order valence-corrected chi connectivity index (χ2v) is 9.18. The van der Waals surface area contributed by atoms with E-state index in [0.717, 1.165) is 36.8 Å². The van der Waals surface area contributed by atoms with Gasteiger partial charge in [-0.15, -0.1) is 0 Å². The monoisotopic (exact) mass is 413 g/mol. The van der Waals surface area contributed by atoms with Crippen molar-refractivity contribution in [3.8, 4) is 0 Å². The number of aromatic nitrogens is 2. The average Bonchev–Trinajstić information content (AvgIpc) is 3.01. The van der Waals surface area contributed by atoms with Crippen LogP contribution in [-0.2, 0) is 26.9 Å². The molecule has 0 aliphatic carbocycles. The molecule has 3 rings (SSSR count). The van der Waals surface area contributed by atoms with E-state index >= 15 is 0 Å². The van der Waals surface area contributed by atoms with Crippen molar-refractivity contribution in [1.82, 2.24) is 9.55 Å². The van der Waals surface area contributed by atoms with Crippen molar-refractivity contribution >= 4 is 32.5 Å². The normalized spacial score (nSPS) is 11.7. The van der Waals surface area contributed by atoms with Crippen LogP contribution in [0.25, 0.3) is 11.0 Å². The van der Waals surface area contributed by atoms with Crippen molar-refractivity contribution in [2.75, 3.05) is 5.32 Å². The van der Waals surface area contributed by atoms with E-state index in [4.69, 9.17) is 0 Å². The molecule has 0 aliphatic heterocycles. The summed E-state index contributed by atoms with van der Waals surface area (Å²) in [5.74, 6) is 0.209. The van der Waals surface area contributed by atoms with Gasteiger partial charge in [0.25, 0.3) is 0 Å². The molecule has 7 heteroatoms. The maximum absolute atomic E-state index is 13.0. The van der Waals surface area contributed by atoms with Crippen LogP contribution in [0, 0.1) is 0 Å². The number of hydrogen-bond acceptors (Lipinski definition) is 4. The number of hydrogen-bond donors (Lipinski definition) is 1. The van der Waals surface area contributed by atoms with E-state index in [0.29, 0.717) is 11.5 Å². The van der Waals surface area contributed by atoms with Crippen LogP contribution < -0.4 is 5.32 Å². The highest BCUT2D eigenvalue weighted by atomic mass is 32.2. The fraction of sp³-hybridized carbons (Fsp3) is 0.364. The molecule has 3 aromatic rings. The van der Waals surface area contributed by atoms with Crippen LogP contribution in [0.5, 0.6) is 0 Å². The number of carbonyl (C=O) groups excluding carboxylic acids is 1. The zero-order valence-electron chi connectivity index (χ0n) is 16.9. The average molecular weight is 414 g/mol. The summed E-state index contributed by atoms with van der Waals surface area (Å²) < 4.78 is 28.0. The number of rotatable bonds is 9. The van der Waals surface area contributed by atoms with Crippen LogP contribution in [0.2, 0.25) is 0 Å². The zero-order chi connectivity index (χ0) is 20.9. The maximum Gasteiger partial charge on any atom is 0.221 e. The summed E-state index contributed by atoms with van der Waals surface area (Å²) >= 11 is 0. The number of sulfone groups is 1. The molecule has 1 N–H and O–H groups in total. The molecule has 0 spiro atoms. The van der Waals surface area contributed by atoms with Gasteiger partial charge in [0.15, 0.2) is 9.84 Å². The Hall–Kier alpha value is -2.67. The Bertz CT molecular complexity index is 1090. The highest BCUT2D eigenvalue weighted by Crippen LogP contribution is 2.23. The number of imidazole rings is 1. The minimum absolute atomic E-state index is 0.158. The topological polar surface area (TPSA) is 81.1 Å². The van der Waals surface area contributed by atoms with E-state index in [1.54, 1.807) is 12.1 Å². The molecule has 154 valence electrons. The van der Waals surface area contributed by atoms with Gasteiger partial charge in [0.05, 0.1) is 15.9 Å². The molecule has 0 saturated carbocycles. The molecule has 29 heavy (non-hydrogen) atoms. The summed E-state index contributed by atoms with van der Waals surface area (Å²) in [6.45, 7) is 4.34. The van der Waals surface area contributed by atoms with Crippen molar-refractivity contribution in [3.63, 3.8) is 0 Å². The summed E-state index contributed by atoms with van der Waals surface area (Å²) in [7, 11) is -3.56. The molecule has 0 fully saturated rings. The lowest BCUT2D eigenvalue weighted by Crippen LogP contribution is -2.12. The predicted molar refractivity (Wildman–Crippen MR) is 116 cm³/mol. The molecule has 0 bridgehead atoms. The SMILES string of the molecule is CCCCCCn1c(CS(=O)(=O)c2ccc(NC(C)=O)cc2)nc2ccccc21. The lowest BCUT2D eigenvalue weighted by atomic mass is 10.2. The molecule has 0 atom stereocenters. The number of amides is 1. The zero-order valence-corrected chi connectivity index (χ0v) is 17.7. The highest BCUT2D eigenvalue weighted by Gasteiger charge is 2.20. The van der Waals surface area contributed by atoms with Gasteiger partial charge in [0, 0.05) is 19.2 Å². The van der Waals surface area contributed by atoms with Crippen LogP contribution in [0.1, 0.15) is 45.4 Å². The smallest absolute Gasteiger partial charge is 0.221 e. The molecule has 1 amide bonds. The molecule has 0 unspecified atom stereocenters. The molecule has 0 radical (unpaired) electrons. The highest BCUT2D eigenvalue weighted by molar-refractivity contribution is 7.90. The standard InChI is InChI=1S/C22H27N3O3S/c1-3-4-5-8-15-25-21-10-7-6-9-20(21)24-22(25)16-29(27,28)19-13-11-18(12-14-19)23-17(2)26/h6-7,9-14H,3-5,8,15-16H2,1-2H3,(H,23,26). The van der Waals surface area contributed by atoms with Crippen molar-refractivity contribution < 1.29 is 13.2 Å². The van der Waals surface area contributed by atoms with Crippen LogP contribution >= 0.6 is 0 Å². The number of benzene rings is 2. The third kappa shape index (κ3) is 5.23. The first-order valence-electron chi connectivity index (χ1n) is 9.95. The maximum atomic E-state index is 13.0. The number of nitrogens with zero attached hydrogens (tertiary/aromatic N) is 2. The summed E-state index contributed by atoms with van der Waals surface area (Å²) in [4.78, 5) is 16.0. The molecule has 1 aromatic heterocycles. The molecule has 2 aromatic carbocycles. The second-order valence-electron chi connectivity index (χ2n) is 7.19.